The van der Waals surface area contributed by atoms with E-state index in [0.29, 0.717) is 17.9 Å². The molecule has 0 aromatic heterocycles. The van der Waals surface area contributed by atoms with Crippen LogP contribution in [0, 0.1) is 5.92 Å². The molecule has 0 aromatic carbocycles. The Kier molecular flexibility index (Phi) is 7.67. The molecule has 4 heteroatoms. The van der Waals surface area contributed by atoms with Crippen LogP contribution in [-0.2, 0) is 4.79 Å². The number of hydrogen-bond acceptors (Lipinski definition) is 3. The largest absolute Gasteiger partial charge is 0.323 e. The van der Waals surface area contributed by atoms with E-state index in [0.717, 1.165) is 38.9 Å². The predicted octanol–water partition coefficient (Wildman–Crippen LogP) is 2.69. The molecule has 0 saturated carbocycles. The molecule has 4 atom stereocenters. The highest BCUT2D eigenvalue weighted by atomic mass is 16.2. The average Bonchev–Trinajstić information content (AvgIpc) is 2.77. The summed E-state index contributed by atoms with van der Waals surface area (Å²) in [7, 11) is 0. The van der Waals surface area contributed by atoms with Crippen LogP contribution in [0.1, 0.15) is 60.8 Å². The van der Waals surface area contributed by atoms with Crippen molar-refractivity contribution in [2.75, 3.05) is 19.6 Å². The fraction of sp³-hybridized carbons (Fsp3) is 0.941. The fourth-order valence-electron chi connectivity index (χ4n) is 3.29. The number of carbonyl (C=O) groups is 1. The van der Waals surface area contributed by atoms with E-state index in [4.69, 9.17) is 0 Å². The Bertz CT molecular complexity index is 317. The molecule has 4 nitrogen and oxygen atoms in total. The van der Waals surface area contributed by atoms with Crippen LogP contribution >= 0.6 is 0 Å². The molecule has 1 saturated heterocycles. The molecule has 1 heterocycles. The van der Waals surface area contributed by atoms with Crippen LogP contribution in [-0.4, -0.2) is 53.6 Å². The van der Waals surface area contributed by atoms with Gasteiger partial charge in [0.2, 0.25) is 5.91 Å². The Morgan fingerprint density at radius 3 is 2.38 bits per heavy atom. The maximum atomic E-state index is 12.6. The van der Waals surface area contributed by atoms with Gasteiger partial charge in [-0.15, -0.1) is 0 Å². The minimum absolute atomic E-state index is 0.00947. The quantitative estimate of drug-likeness (QED) is 0.711. The molecule has 1 fully saturated rings. The second kappa shape index (κ2) is 8.74. The third-order valence-corrected chi connectivity index (χ3v) is 5.04. The molecule has 0 aliphatic carbocycles. The van der Waals surface area contributed by atoms with E-state index in [2.05, 4.69) is 56.7 Å². The first-order valence-electron chi connectivity index (χ1n) is 8.76. The summed E-state index contributed by atoms with van der Waals surface area (Å²) in [5.74, 6) is 0.708. The first-order chi connectivity index (χ1) is 9.96. The van der Waals surface area contributed by atoms with Gasteiger partial charge >= 0.3 is 0 Å². The normalized spacial score (nSPS) is 25.7. The molecular formula is C17H35N3O. The van der Waals surface area contributed by atoms with Gasteiger partial charge in [0.05, 0.1) is 12.2 Å². The Morgan fingerprint density at radius 2 is 1.86 bits per heavy atom. The van der Waals surface area contributed by atoms with Crippen LogP contribution in [0.5, 0.6) is 0 Å². The van der Waals surface area contributed by atoms with Gasteiger partial charge in [0.1, 0.15) is 0 Å². The third-order valence-electron chi connectivity index (χ3n) is 5.04. The van der Waals surface area contributed by atoms with Gasteiger partial charge in [-0.25, -0.2) is 0 Å². The molecule has 1 rings (SSSR count). The SMILES string of the molecule is CCC(C)C1NC(C)N(C(C)CCCN(CC)CC)C1=O. The molecule has 1 aliphatic heterocycles. The molecule has 4 unspecified atom stereocenters. The minimum atomic E-state index is 0.00947. The lowest BCUT2D eigenvalue weighted by atomic mass is 9.99. The van der Waals surface area contributed by atoms with Crippen LogP contribution < -0.4 is 5.32 Å². The number of nitrogens with zero attached hydrogens (tertiary/aromatic N) is 2. The molecule has 0 spiro atoms. The lowest BCUT2D eigenvalue weighted by molar-refractivity contribution is -0.132. The standard InChI is InChI=1S/C17H35N3O/c1-7-13(4)16-17(21)20(15(6)18-16)14(5)11-10-12-19(8-2)9-3/h13-16,18H,7-12H2,1-6H3. The van der Waals surface area contributed by atoms with Crippen molar-refractivity contribution >= 4 is 5.91 Å². The Balaban J connectivity index is 2.50. The van der Waals surface area contributed by atoms with Crippen molar-refractivity contribution in [2.24, 2.45) is 5.92 Å². The van der Waals surface area contributed by atoms with E-state index < -0.39 is 0 Å². The highest BCUT2D eigenvalue weighted by Gasteiger charge is 2.40. The van der Waals surface area contributed by atoms with Crippen molar-refractivity contribution < 1.29 is 4.79 Å². The van der Waals surface area contributed by atoms with Crippen molar-refractivity contribution in [1.29, 1.82) is 0 Å². The molecule has 0 aromatic rings. The average molecular weight is 297 g/mol. The van der Waals surface area contributed by atoms with Gasteiger partial charge in [0.25, 0.3) is 0 Å². The molecule has 1 aliphatic rings. The van der Waals surface area contributed by atoms with Crippen molar-refractivity contribution in [3.05, 3.63) is 0 Å². The summed E-state index contributed by atoms with van der Waals surface area (Å²) in [5, 5.41) is 3.47. The topological polar surface area (TPSA) is 35.6 Å². The summed E-state index contributed by atoms with van der Waals surface area (Å²) in [6.45, 7) is 16.4. The highest BCUT2D eigenvalue weighted by molar-refractivity contribution is 5.84. The van der Waals surface area contributed by atoms with Crippen LogP contribution in [0.4, 0.5) is 0 Å². The van der Waals surface area contributed by atoms with E-state index in [1.165, 1.54) is 0 Å². The Hall–Kier alpha value is -0.610. The maximum absolute atomic E-state index is 12.6. The summed E-state index contributed by atoms with van der Waals surface area (Å²) < 4.78 is 0. The van der Waals surface area contributed by atoms with E-state index in [9.17, 15) is 4.79 Å². The molecule has 0 bridgehead atoms. The van der Waals surface area contributed by atoms with Crippen LogP contribution in [0.25, 0.3) is 0 Å². The summed E-state index contributed by atoms with van der Waals surface area (Å²) in [6, 6.07) is 0.333. The second-order valence-corrected chi connectivity index (χ2v) is 6.47. The number of rotatable bonds is 9. The lowest BCUT2D eigenvalue weighted by Crippen LogP contribution is -2.42. The zero-order chi connectivity index (χ0) is 16.0. The van der Waals surface area contributed by atoms with Crippen molar-refractivity contribution in [3.63, 3.8) is 0 Å². The van der Waals surface area contributed by atoms with Gasteiger partial charge in [-0.1, -0.05) is 34.1 Å². The third kappa shape index (κ3) is 4.68. The summed E-state index contributed by atoms with van der Waals surface area (Å²) in [6.07, 6.45) is 3.45. The lowest BCUT2D eigenvalue weighted by Gasteiger charge is -2.29. The van der Waals surface area contributed by atoms with Gasteiger partial charge in [0, 0.05) is 6.04 Å². The fourth-order valence-corrected chi connectivity index (χ4v) is 3.29. The van der Waals surface area contributed by atoms with E-state index in [-0.39, 0.29) is 12.2 Å². The van der Waals surface area contributed by atoms with Gasteiger partial charge in [-0.05, 0) is 52.2 Å². The maximum Gasteiger partial charge on any atom is 0.241 e. The van der Waals surface area contributed by atoms with E-state index >= 15 is 0 Å². The number of carbonyl (C=O) groups excluding carboxylic acids is 1. The van der Waals surface area contributed by atoms with Gasteiger partial charge in [-0.3, -0.25) is 10.1 Å². The molecule has 21 heavy (non-hydrogen) atoms. The zero-order valence-electron chi connectivity index (χ0n) is 14.9. The smallest absolute Gasteiger partial charge is 0.241 e. The Morgan fingerprint density at radius 1 is 1.24 bits per heavy atom. The number of amides is 1. The number of hydrogen-bond donors (Lipinski definition) is 1. The van der Waals surface area contributed by atoms with Crippen molar-refractivity contribution in [3.8, 4) is 0 Å². The zero-order valence-corrected chi connectivity index (χ0v) is 14.9. The monoisotopic (exact) mass is 297 g/mol. The van der Waals surface area contributed by atoms with Gasteiger partial charge in [-0.2, -0.15) is 0 Å². The number of nitrogens with one attached hydrogen (secondary N) is 1. The van der Waals surface area contributed by atoms with Crippen LogP contribution in [0.2, 0.25) is 0 Å². The summed E-state index contributed by atoms with van der Waals surface area (Å²) in [5.41, 5.74) is 0. The van der Waals surface area contributed by atoms with Crippen molar-refractivity contribution in [1.82, 2.24) is 15.1 Å². The molecule has 124 valence electrons. The molecule has 0 radical (unpaired) electrons. The minimum Gasteiger partial charge on any atom is -0.323 e. The van der Waals surface area contributed by atoms with E-state index in [1.807, 2.05) is 0 Å². The second-order valence-electron chi connectivity index (χ2n) is 6.47. The molecule has 1 N–H and O–H groups in total. The van der Waals surface area contributed by atoms with Crippen LogP contribution in [0.3, 0.4) is 0 Å². The van der Waals surface area contributed by atoms with Crippen LogP contribution in [0.15, 0.2) is 0 Å². The molecular weight excluding hydrogens is 262 g/mol. The summed E-state index contributed by atoms with van der Waals surface area (Å²) >= 11 is 0. The first kappa shape index (κ1) is 18.4. The molecule has 1 amide bonds. The first-order valence-corrected chi connectivity index (χ1v) is 8.76. The van der Waals surface area contributed by atoms with E-state index in [1.54, 1.807) is 0 Å². The predicted molar refractivity (Wildman–Crippen MR) is 89.2 cm³/mol. The highest BCUT2D eigenvalue weighted by Crippen LogP contribution is 2.23. The Labute approximate surface area is 131 Å². The van der Waals surface area contributed by atoms with Gasteiger partial charge in [0.15, 0.2) is 0 Å². The summed E-state index contributed by atoms with van der Waals surface area (Å²) in [4.78, 5) is 17.1. The van der Waals surface area contributed by atoms with Gasteiger partial charge < -0.3 is 9.80 Å². The van der Waals surface area contributed by atoms with Crippen molar-refractivity contribution in [2.45, 2.75) is 79.1 Å².